The van der Waals surface area contributed by atoms with Crippen LogP contribution in [0.25, 0.3) is 0 Å². The van der Waals surface area contributed by atoms with Crippen LogP contribution in [0.15, 0.2) is 48.5 Å². The van der Waals surface area contributed by atoms with Gasteiger partial charge in [0.25, 0.3) is 0 Å². The summed E-state index contributed by atoms with van der Waals surface area (Å²) in [5.41, 5.74) is 4.11. The quantitative estimate of drug-likeness (QED) is 0.555. The van der Waals surface area contributed by atoms with Crippen LogP contribution >= 0.6 is 0 Å². The van der Waals surface area contributed by atoms with Crippen LogP contribution in [-0.4, -0.2) is 84.6 Å². The Morgan fingerprint density at radius 2 is 1.66 bits per heavy atom. The number of imide groups is 1. The molecule has 202 valence electrons. The molecule has 2 heterocycles. The van der Waals surface area contributed by atoms with Crippen molar-refractivity contribution in [2.75, 3.05) is 37.6 Å². The molecule has 0 bridgehead atoms. The number of hydrogen-bond donors (Lipinski definition) is 0. The number of aryl methyl sites for hydroxylation is 2. The van der Waals surface area contributed by atoms with Crippen LogP contribution in [0, 0.1) is 13.8 Å². The number of sulfonamides is 1. The third-order valence-corrected chi connectivity index (χ3v) is 9.54. The number of carbonyl (C=O) groups is 3. The fraction of sp³-hybridized carbons (Fsp3) is 0.444. The number of piperazine rings is 1. The lowest BCUT2D eigenvalue weighted by molar-refractivity contribution is -0.135. The Labute approximate surface area is 222 Å². The van der Waals surface area contributed by atoms with Gasteiger partial charge in [-0.2, -0.15) is 0 Å². The minimum Gasteiger partial charge on any atom is -0.444 e. The summed E-state index contributed by atoms with van der Waals surface area (Å²) in [5, 5.41) is -0.649. The molecular formula is C27H32N4O6S. The lowest BCUT2D eigenvalue weighted by Crippen LogP contribution is -2.55. The van der Waals surface area contributed by atoms with Gasteiger partial charge in [0.05, 0.1) is 11.8 Å². The number of ether oxygens (including phenoxy) is 1. The highest BCUT2D eigenvalue weighted by molar-refractivity contribution is 7.90. The van der Waals surface area contributed by atoms with Gasteiger partial charge in [-0.1, -0.05) is 42.5 Å². The van der Waals surface area contributed by atoms with Crippen molar-refractivity contribution >= 4 is 33.7 Å². The van der Waals surface area contributed by atoms with E-state index in [0.717, 1.165) is 16.8 Å². The van der Waals surface area contributed by atoms with Gasteiger partial charge < -0.3 is 14.5 Å². The average molecular weight is 541 g/mol. The molecule has 3 fully saturated rings. The predicted octanol–water partition coefficient (Wildman–Crippen LogP) is 2.89. The summed E-state index contributed by atoms with van der Waals surface area (Å²) >= 11 is 0. The molecule has 4 amide bonds. The highest BCUT2D eigenvalue weighted by atomic mass is 32.2. The fourth-order valence-electron chi connectivity index (χ4n) is 4.95. The molecule has 2 aliphatic heterocycles. The van der Waals surface area contributed by atoms with Gasteiger partial charge in [-0.3, -0.25) is 4.79 Å². The number of carbonyl (C=O) groups excluding carboxylic acids is 3. The maximum Gasteiger partial charge on any atom is 0.419 e. The molecule has 0 radical (unpaired) electrons. The van der Waals surface area contributed by atoms with Crippen molar-refractivity contribution in [3.63, 3.8) is 0 Å². The minimum atomic E-state index is -3.94. The van der Waals surface area contributed by atoms with Crippen molar-refractivity contribution in [2.24, 2.45) is 0 Å². The van der Waals surface area contributed by atoms with E-state index in [1.54, 1.807) is 29.2 Å². The van der Waals surface area contributed by atoms with Gasteiger partial charge in [-0.25, -0.2) is 27.2 Å². The van der Waals surface area contributed by atoms with Crippen molar-refractivity contribution in [1.82, 2.24) is 14.1 Å². The maximum absolute atomic E-state index is 13.6. The lowest BCUT2D eigenvalue weighted by Gasteiger charge is -2.38. The predicted molar refractivity (Wildman–Crippen MR) is 141 cm³/mol. The zero-order chi connectivity index (χ0) is 27.0. The highest BCUT2D eigenvalue weighted by Crippen LogP contribution is 2.34. The lowest BCUT2D eigenvalue weighted by atomic mass is 10.1. The van der Waals surface area contributed by atoms with Crippen LogP contribution in [0.1, 0.15) is 29.5 Å². The molecule has 38 heavy (non-hydrogen) atoms. The monoisotopic (exact) mass is 540 g/mol. The SMILES string of the molecule is Cc1ccc(C)c(N2CCN(C(=O)[C@@H]3CN(S(=O)(=O)C4CC4)C(=O)N3C(=O)OCc3ccccc3)CC2)c1. The maximum atomic E-state index is 13.6. The van der Waals surface area contributed by atoms with Gasteiger partial charge in [-0.05, 0) is 49.4 Å². The number of hydrogen-bond acceptors (Lipinski definition) is 7. The Kier molecular flexibility index (Phi) is 7.04. The summed E-state index contributed by atoms with van der Waals surface area (Å²) in [6.07, 6.45) is -0.104. The Hall–Kier alpha value is -3.60. The number of nitrogens with zero attached hydrogens (tertiary/aromatic N) is 4. The molecule has 3 aliphatic rings. The van der Waals surface area contributed by atoms with Crippen LogP contribution in [0.4, 0.5) is 15.3 Å². The second kappa shape index (κ2) is 10.3. The molecule has 0 unspecified atom stereocenters. The third-order valence-electron chi connectivity index (χ3n) is 7.31. The first kappa shape index (κ1) is 26.0. The van der Waals surface area contributed by atoms with Crippen LogP contribution in [0.5, 0.6) is 0 Å². The molecular weight excluding hydrogens is 508 g/mol. The Balaban J connectivity index is 1.32. The van der Waals surface area contributed by atoms with Crippen molar-refractivity contribution in [3.05, 3.63) is 65.2 Å². The first-order valence-electron chi connectivity index (χ1n) is 12.8. The first-order chi connectivity index (χ1) is 18.2. The standard InChI is InChI=1S/C27H32N4O6S/c1-19-8-9-20(2)23(16-19)28-12-14-29(15-13-28)25(32)24-17-30(38(35,36)22-10-11-22)26(33)31(24)27(34)37-18-21-6-4-3-5-7-21/h3-9,16,22,24H,10-15,17-18H2,1-2H3/t24-/m0/s1. The van der Waals surface area contributed by atoms with E-state index in [-0.39, 0.29) is 6.61 Å². The van der Waals surface area contributed by atoms with Gasteiger partial charge in [0.2, 0.25) is 15.9 Å². The highest BCUT2D eigenvalue weighted by Gasteiger charge is 2.54. The third kappa shape index (κ3) is 5.07. The summed E-state index contributed by atoms with van der Waals surface area (Å²) in [4.78, 5) is 44.4. The smallest absolute Gasteiger partial charge is 0.419 e. The molecule has 2 saturated heterocycles. The normalized spacial score (nSPS) is 20.2. The van der Waals surface area contributed by atoms with Crippen LogP contribution in [0.2, 0.25) is 0 Å². The van der Waals surface area contributed by atoms with E-state index >= 15 is 0 Å². The van der Waals surface area contributed by atoms with E-state index < -0.39 is 45.9 Å². The minimum absolute atomic E-state index is 0.103. The molecule has 11 heteroatoms. The van der Waals surface area contributed by atoms with Crippen molar-refractivity contribution in [2.45, 2.75) is 44.6 Å². The van der Waals surface area contributed by atoms with Gasteiger partial charge in [-0.15, -0.1) is 0 Å². The summed E-state index contributed by atoms with van der Waals surface area (Å²) in [5.74, 6) is -0.455. The van der Waals surface area contributed by atoms with E-state index in [0.29, 0.717) is 53.8 Å². The van der Waals surface area contributed by atoms with E-state index in [4.69, 9.17) is 4.74 Å². The summed E-state index contributed by atoms with van der Waals surface area (Å²) in [6.45, 7) is 5.52. The molecule has 5 rings (SSSR count). The zero-order valence-corrected chi connectivity index (χ0v) is 22.4. The van der Waals surface area contributed by atoms with Crippen molar-refractivity contribution in [1.29, 1.82) is 0 Å². The van der Waals surface area contributed by atoms with E-state index in [2.05, 4.69) is 23.1 Å². The van der Waals surface area contributed by atoms with Crippen LogP contribution < -0.4 is 4.90 Å². The van der Waals surface area contributed by atoms with Gasteiger partial charge >= 0.3 is 12.1 Å². The second-order valence-corrected chi connectivity index (χ2v) is 12.2. The van der Waals surface area contributed by atoms with Gasteiger partial charge in [0.1, 0.15) is 12.6 Å². The van der Waals surface area contributed by atoms with E-state index in [1.165, 1.54) is 0 Å². The van der Waals surface area contributed by atoms with Crippen molar-refractivity contribution in [3.8, 4) is 0 Å². The topological polar surface area (TPSA) is 108 Å². The van der Waals surface area contributed by atoms with Crippen molar-refractivity contribution < 1.29 is 27.5 Å². The number of benzene rings is 2. The Morgan fingerprint density at radius 3 is 2.32 bits per heavy atom. The number of anilines is 1. The van der Waals surface area contributed by atoms with Gasteiger partial charge in [0, 0.05) is 31.9 Å². The molecule has 2 aromatic rings. The molecule has 0 spiro atoms. The fourth-order valence-corrected chi connectivity index (χ4v) is 6.70. The summed E-state index contributed by atoms with van der Waals surface area (Å²) < 4.78 is 31.9. The van der Waals surface area contributed by atoms with Crippen LogP contribution in [0.3, 0.4) is 0 Å². The van der Waals surface area contributed by atoms with E-state index in [1.807, 2.05) is 19.9 Å². The average Bonchev–Trinajstić information content (AvgIpc) is 3.72. The second-order valence-electron chi connectivity index (χ2n) is 10.1. The first-order valence-corrected chi connectivity index (χ1v) is 14.3. The zero-order valence-electron chi connectivity index (χ0n) is 21.6. The van der Waals surface area contributed by atoms with Crippen LogP contribution in [-0.2, 0) is 26.2 Å². The number of rotatable bonds is 6. The largest absolute Gasteiger partial charge is 0.444 e. The molecule has 1 saturated carbocycles. The molecule has 0 N–H and O–H groups in total. The molecule has 10 nitrogen and oxygen atoms in total. The number of urea groups is 1. The molecule has 1 aliphatic carbocycles. The molecule has 2 aromatic carbocycles. The number of amides is 4. The van der Waals surface area contributed by atoms with Gasteiger partial charge in [0.15, 0.2) is 0 Å². The van der Waals surface area contributed by atoms with E-state index in [9.17, 15) is 22.8 Å². The Morgan fingerprint density at radius 1 is 0.974 bits per heavy atom. The molecule has 0 aromatic heterocycles. The summed E-state index contributed by atoms with van der Waals surface area (Å²) in [7, 11) is -3.94. The Bertz CT molecular complexity index is 1340. The summed E-state index contributed by atoms with van der Waals surface area (Å²) in [6, 6.07) is 12.9. The molecule has 1 atom stereocenters.